The van der Waals surface area contributed by atoms with Gasteiger partial charge >= 0.3 is 6.09 Å². The number of alkyl carbamates (subject to hydrolysis) is 1. The molecular formula is C51H62N3O5S+. The van der Waals surface area contributed by atoms with Crippen molar-refractivity contribution in [2.45, 2.75) is 117 Å². The molecule has 0 saturated heterocycles. The normalized spacial score (nSPS) is 18.8. The highest BCUT2D eigenvalue weighted by Crippen LogP contribution is 2.51. The Labute approximate surface area is 357 Å². The molecule has 0 saturated carbocycles. The summed E-state index contributed by atoms with van der Waals surface area (Å²) in [6.07, 6.45) is 14.2. The minimum atomic E-state index is -4.05. The molecule has 0 bridgehead atoms. The Hall–Kier alpha value is -4.99. The van der Waals surface area contributed by atoms with Crippen LogP contribution in [0.1, 0.15) is 111 Å². The number of carbonyl (C=O) groups is 1. The average Bonchev–Trinajstić information content (AvgIpc) is 3.73. The summed E-state index contributed by atoms with van der Waals surface area (Å²) in [5, 5.41) is 8.06. The minimum Gasteiger partial charge on any atom is -0.444 e. The molecule has 3 aliphatic rings. The topological polar surface area (TPSA) is 99.0 Å². The molecule has 4 aromatic rings. The van der Waals surface area contributed by atoms with E-state index in [9.17, 15) is 17.8 Å². The first-order chi connectivity index (χ1) is 28.4. The predicted octanol–water partition coefficient (Wildman–Crippen LogP) is 12.0. The molecule has 1 amide bonds. The second-order valence-electron chi connectivity index (χ2n) is 18.6. The van der Waals surface area contributed by atoms with Gasteiger partial charge in [-0.25, -0.2) is 4.79 Å². The second kappa shape index (κ2) is 16.8. The highest BCUT2D eigenvalue weighted by Gasteiger charge is 2.46. The number of nitrogens with one attached hydrogen (secondary N) is 1. The molecule has 60 heavy (non-hydrogen) atoms. The average molecular weight is 829 g/mol. The van der Waals surface area contributed by atoms with E-state index in [1.807, 2.05) is 20.8 Å². The molecule has 316 valence electrons. The third-order valence-corrected chi connectivity index (χ3v) is 13.1. The van der Waals surface area contributed by atoms with Crippen molar-refractivity contribution in [2.24, 2.45) is 0 Å². The standard InChI is InChI=1S/C51H61N3O5S/c1-9-10-15-32-53-41-28-24-35-18-11-13-20-39(35)45(41)50(5,6)43(53)30-26-37-22-23-38(47(37)52-48(55)59-49(2,3)4)27-31-44-51(7,8)46-40-21-14-12-19-36(40)25-29-42(46)54(44)33-16-17-34-60(56,57)58/h11-14,18-21,24-31H,9-10,15-17,22-23,32-34H2,1-8H3,(H,56,57,58)/p+1/b38-27+,44-31+. The third kappa shape index (κ3) is 8.75. The van der Waals surface area contributed by atoms with E-state index in [0.717, 1.165) is 72.3 Å². The van der Waals surface area contributed by atoms with Crippen molar-refractivity contribution in [1.82, 2.24) is 5.32 Å². The summed E-state index contributed by atoms with van der Waals surface area (Å²) in [6.45, 7) is 18.5. The van der Waals surface area contributed by atoms with E-state index in [4.69, 9.17) is 4.74 Å². The minimum absolute atomic E-state index is 0.252. The van der Waals surface area contributed by atoms with Gasteiger partial charge in [0.2, 0.25) is 5.69 Å². The number of unbranched alkanes of at least 4 members (excludes halogenated alkanes) is 3. The maximum Gasteiger partial charge on any atom is 0.412 e. The van der Waals surface area contributed by atoms with Crippen molar-refractivity contribution in [1.29, 1.82) is 0 Å². The zero-order valence-corrected chi connectivity index (χ0v) is 37.5. The third-order valence-electron chi connectivity index (χ3n) is 12.3. The summed E-state index contributed by atoms with van der Waals surface area (Å²) in [7, 11) is -4.05. The van der Waals surface area contributed by atoms with Gasteiger partial charge in [0.1, 0.15) is 12.1 Å². The molecule has 8 nitrogen and oxygen atoms in total. The summed E-state index contributed by atoms with van der Waals surface area (Å²) >= 11 is 0. The van der Waals surface area contributed by atoms with E-state index < -0.39 is 21.8 Å². The van der Waals surface area contributed by atoms with Crippen molar-refractivity contribution < 1.29 is 27.1 Å². The van der Waals surface area contributed by atoms with Crippen molar-refractivity contribution in [3.05, 3.63) is 131 Å². The lowest BCUT2D eigenvalue weighted by molar-refractivity contribution is -0.438. The summed E-state index contributed by atoms with van der Waals surface area (Å²) in [5.41, 5.74) is 8.81. The Bertz CT molecular complexity index is 2600. The zero-order chi connectivity index (χ0) is 43.0. The monoisotopic (exact) mass is 828 g/mol. The van der Waals surface area contributed by atoms with Crippen LogP contribution >= 0.6 is 0 Å². The summed E-state index contributed by atoms with van der Waals surface area (Å²) in [6, 6.07) is 25.9. The Balaban J connectivity index is 1.30. The lowest BCUT2D eigenvalue weighted by Gasteiger charge is -2.27. The fourth-order valence-corrected chi connectivity index (χ4v) is 10.2. The molecule has 2 aliphatic heterocycles. The first-order valence-electron chi connectivity index (χ1n) is 21.7. The van der Waals surface area contributed by atoms with Crippen LogP contribution in [0.3, 0.4) is 0 Å². The lowest BCUT2D eigenvalue weighted by atomic mass is 9.79. The number of allylic oxidation sites excluding steroid dienone is 7. The van der Waals surface area contributed by atoms with Crippen molar-refractivity contribution in [3.63, 3.8) is 0 Å². The van der Waals surface area contributed by atoms with Gasteiger partial charge in [0, 0.05) is 47.5 Å². The van der Waals surface area contributed by atoms with Crippen molar-refractivity contribution >= 4 is 54.8 Å². The molecule has 0 radical (unpaired) electrons. The van der Waals surface area contributed by atoms with Crippen LogP contribution < -0.4 is 10.2 Å². The van der Waals surface area contributed by atoms with E-state index in [1.165, 1.54) is 38.7 Å². The van der Waals surface area contributed by atoms with Gasteiger partial charge in [0.25, 0.3) is 10.1 Å². The number of nitrogens with zero attached hydrogens (tertiary/aromatic N) is 2. The number of fused-ring (bicyclic) bond motifs is 6. The smallest absolute Gasteiger partial charge is 0.412 e. The van der Waals surface area contributed by atoms with Crippen LogP contribution in [-0.4, -0.2) is 53.8 Å². The van der Waals surface area contributed by atoms with Gasteiger partial charge in [-0.05, 0) is 123 Å². The molecule has 1 aliphatic carbocycles. The Kier molecular flexibility index (Phi) is 12.1. The summed E-state index contributed by atoms with van der Waals surface area (Å²) < 4.78 is 41.0. The van der Waals surface area contributed by atoms with Crippen LogP contribution in [0, 0.1) is 0 Å². The highest BCUT2D eigenvalue weighted by molar-refractivity contribution is 7.85. The van der Waals surface area contributed by atoms with Gasteiger partial charge in [0.05, 0.1) is 16.9 Å². The fourth-order valence-electron chi connectivity index (χ4n) is 9.61. The van der Waals surface area contributed by atoms with Crippen LogP contribution in [-0.2, 0) is 25.7 Å². The van der Waals surface area contributed by atoms with Gasteiger partial charge in [-0.3, -0.25) is 9.87 Å². The number of carbonyl (C=O) groups excluding carboxylic acids is 1. The van der Waals surface area contributed by atoms with E-state index >= 15 is 0 Å². The molecular weight excluding hydrogens is 767 g/mol. The van der Waals surface area contributed by atoms with Gasteiger partial charge < -0.3 is 9.64 Å². The van der Waals surface area contributed by atoms with Crippen molar-refractivity contribution in [3.8, 4) is 0 Å². The van der Waals surface area contributed by atoms with Gasteiger partial charge in [-0.2, -0.15) is 13.0 Å². The lowest BCUT2D eigenvalue weighted by Crippen LogP contribution is -2.32. The molecule has 4 aromatic carbocycles. The number of ether oxygens (including phenoxy) is 1. The van der Waals surface area contributed by atoms with Crippen LogP contribution in [0.15, 0.2) is 120 Å². The maximum atomic E-state index is 13.5. The Morgan fingerprint density at radius 3 is 2.17 bits per heavy atom. The fraction of sp³-hybridized carbons (Fsp3) is 0.412. The number of benzene rings is 4. The zero-order valence-electron chi connectivity index (χ0n) is 36.7. The van der Waals surface area contributed by atoms with Crippen LogP contribution in [0.2, 0.25) is 0 Å². The van der Waals surface area contributed by atoms with Crippen LogP contribution in [0.5, 0.6) is 0 Å². The first-order valence-corrected chi connectivity index (χ1v) is 23.3. The van der Waals surface area contributed by atoms with E-state index in [1.54, 1.807) is 0 Å². The molecule has 0 aromatic heterocycles. The summed E-state index contributed by atoms with van der Waals surface area (Å²) in [4.78, 5) is 15.8. The largest absolute Gasteiger partial charge is 0.444 e. The van der Waals surface area contributed by atoms with Gasteiger partial charge in [0.15, 0.2) is 5.71 Å². The molecule has 0 atom stereocenters. The molecule has 0 unspecified atom stereocenters. The maximum absolute atomic E-state index is 13.5. The van der Waals surface area contributed by atoms with Crippen molar-refractivity contribution in [2.75, 3.05) is 23.7 Å². The van der Waals surface area contributed by atoms with E-state index in [0.29, 0.717) is 19.4 Å². The molecule has 0 spiro atoms. The predicted molar refractivity (Wildman–Crippen MR) is 247 cm³/mol. The molecule has 2 N–H and O–H groups in total. The van der Waals surface area contributed by atoms with Crippen LogP contribution in [0.4, 0.5) is 16.2 Å². The number of hydrogen-bond acceptors (Lipinski definition) is 5. The highest BCUT2D eigenvalue weighted by atomic mass is 32.2. The van der Waals surface area contributed by atoms with Gasteiger partial charge in [-0.1, -0.05) is 93.9 Å². The quantitative estimate of drug-likeness (QED) is 0.0791. The summed E-state index contributed by atoms with van der Waals surface area (Å²) in [5.74, 6) is -0.270. The number of anilines is 1. The number of rotatable bonds is 13. The second-order valence-corrected chi connectivity index (χ2v) is 20.2. The molecule has 0 fully saturated rings. The number of amides is 1. The Morgan fingerprint density at radius 1 is 0.833 bits per heavy atom. The molecule has 2 heterocycles. The molecule has 9 heteroatoms. The number of hydrogen-bond donors (Lipinski definition) is 2. The molecule has 7 rings (SSSR count). The Morgan fingerprint density at radius 2 is 1.50 bits per heavy atom. The van der Waals surface area contributed by atoms with E-state index in [2.05, 4.69) is 147 Å². The first kappa shape index (κ1) is 43.1. The SMILES string of the molecule is CCCCC[N+]1=C(/C=C/C2=C(NC(=O)OC(C)(C)C)C(=C/C=C3/N(CCCCS(=O)(=O)O)c4ccc5ccccc5c4C3(C)C)/CC2)C(C)(C)c2c1ccc1ccccc21. The van der Waals surface area contributed by atoms with E-state index in [-0.39, 0.29) is 16.6 Å². The van der Waals surface area contributed by atoms with Gasteiger partial charge in [-0.15, -0.1) is 0 Å². The van der Waals surface area contributed by atoms with Crippen LogP contribution in [0.25, 0.3) is 21.5 Å².